The van der Waals surface area contributed by atoms with Crippen LogP contribution in [-0.2, 0) is 11.3 Å². The lowest BCUT2D eigenvalue weighted by Gasteiger charge is -2.27. The molecular formula is C14H19F3N2O. The summed E-state index contributed by atoms with van der Waals surface area (Å²) in [7, 11) is 1.66. The number of hydrogen-bond acceptors (Lipinski definition) is 2. The SMILES string of the molecule is CNCC(C)C(=O)N(Cc1ccccc1)CC(F)(F)F. The smallest absolute Gasteiger partial charge is 0.329 e. The Morgan fingerprint density at radius 3 is 2.40 bits per heavy atom. The molecule has 0 aliphatic carbocycles. The largest absolute Gasteiger partial charge is 0.406 e. The average Bonchev–Trinajstić information content (AvgIpc) is 2.37. The molecular weight excluding hydrogens is 269 g/mol. The Morgan fingerprint density at radius 1 is 1.30 bits per heavy atom. The first-order valence-electron chi connectivity index (χ1n) is 6.37. The number of nitrogens with zero attached hydrogens (tertiary/aromatic N) is 1. The van der Waals surface area contributed by atoms with E-state index >= 15 is 0 Å². The first-order chi connectivity index (χ1) is 9.33. The van der Waals surface area contributed by atoms with E-state index < -0.39 is 24.5 Å². The molecule has 0 saturated carbocycles. The van der Waals surface area contributed by atoms with Crippen LogP contribution in [0.4, 0.5) is 13.2 Å². The molecule has 0 bridgehead atoms. The first kappa shape index (κ1) is 16.5. The number of amides is 1. The van der Waals surface area contributed by atoms with Crippen molar-refractivity contribution < 1.29 is 18.0 Å². The van der Waals surface area contributed by atoms with Gasteiger partial charge in [0.1, 0.15) is 6.54 Å². The van der Waals surface area contributed by atoms with E-state index in [2.05, 4.69) is 5.32 Å². The second-order valence-corrected chi connectivity index (χ2v) is 4.75. The summed E-state index contributed by atoms with van der Waals surface area (Å²) >= 11 is 0. The second kappa shape index (κ2) is 7.28. The van der Waals surface area contributed by atoms with Crippen LogP contribution >= 0.6 is 0 Å². The zero-order valence-corrected chi connectivity index (χ0v) is 11.6. The van der Waals surface area contributed by atoms with Crippen molar-refractivity contribution in [2.24, 2.45) is 5.92 Å². The van der Waals surface area contributed by atoms with Gasteiger partial charge < -0.3 is 10.2 Å². The van der Waals surface area contributed by atoms with Gasteiger partial charge in [-0.15, -0.1) is 0 Å². The molecule has 0 aliphatic rings. The van der Waals surface area contributed by atoms with Crippen LogP contribution in [0.2, 0.25) is 0 Å². The fourth-order valence-electron chi connectivity index (χ4n) is 1.94. The van der Waals surface area contributed by atoms with Crippen molar-refractivity contribution in [3.05, 3.63) is 35.9 Å². The van der Waals surface area contributed by atoms with E-state index in [1.54, 1.807) is 44.3 Å². The normalized spacial score (nSPS) is 13.1. The van der Waals surface area contributed by atoms with E-state index in [0.717, 1.165) is 4.90 Å². The number of carbonyl (C=O) groups is 1. The van der Waals surface area contributed by atoms with Crippen molar-refractivity contribution in [3.8, 4) is 0 Å². The van der Waals surface area contributed by atoms with Gasteiger partial charge in [-0.2, -0.15) is 13.2 Å². The fourth-order valence-corrected chi connectivity index (χ4v) is 1.94. The van der Waals surface area contributed by atoms with Gasteiger partial charge in [0, 0.05) is 19.0 Å². The average molecular weight is 288 g/mol. The van der Waals surface area contributed by atoms with Crippen LogP contribution in [0.3, 0.4) is 0 Å². The summed E-state index contributed by atoms with van der Waals surface area (Å²) < 4.78 is 37.8. The third-order valence-corrected chi connectivity index (χ3v) is 2.83. The minimum atomic E-state index is -4.40. The molecule has 0 spiro atoms. The highest BCUT2D eigenvalue weighted by Gasteiger charge is 2.34. The Morgan fingerprint density at radius 2 is 1.90 bits per heavy atom. The molecule has 1 unspecified atom stereocenters. The summed E-state index contributed by atoms with van der Waals surface area (Å²) in [5.74, 6) is -0.994. The molecule has 3 nitrogen and oxygen atoms in total. The van der Waals surface area contributed by atoms with Crippen molar-refractivity contribution in [1.29, 1.82) is 0 Å². The maximum atomic E-state index is 12.6. The Hall–Kier alpha value is -1.56. The highest BCUT2D eigenvalue weighted by Crippen LogP contribution is 2.19. The van der Waals surface area contributed by atoms with E-state index in [9.17, 15) is 18.0 Å². The summed E-state index contributed by atoms with van der Waals surface area (Å²) in [6.07, 6.45) is -4.40. The monoisotopic (exact) mass is 288 g/mol. The Labute approximate surface area is 116 Å². The Bertz CT molecular complexity index is 420. The molecule has 1 aromatic rings. The van der Waals surface area contributed by atoms with E-state index in [0.29, 0.717) is 12.1 Å². The number of alkyl halides is 3. The molecule has 1 N–H and O–H groups in total. The molecule has 1 rings (SSSR count). The van der Waals surface area contributed by atoms with E-state index in [1.165, 1.54) is 0 Å². The van der Waals surface area contributed by atoms with Crippen LogP contribution in [0.15, 0.2) is 30.3 Å². The van der Waals surface area contributed by atoms with Gasteiger partial charge in [0.2, 0.25) is 5.91 Å². The summed E-state index contributed by atoms with van der Waals surface area (Å²) in [5.41, 5.74) is 0.682. The van der Waals surface area contributed by atoms with Crippen LogP contribution in [-0.4, -0.2) is 37.1 Å². The third-order valence-electron chi connectivity index (χ3n) is 2.83. The van der Waals surface area contributed by atoms with Crippen molar-refractivity contribution >= 4 is 5.91 Å². The number of nitrogens with one attached hydrogen (secondary N) is 1. The maximum Gasteiger partial charge on any atom is 0.406 e. The summed E-state index contributed by atoms with van der Waals surface area (Å²) in [6, 6.07) is 8.67. The number of carbonyl (C=O) groups excluding carboxylic acids is 1. The summed E-state index contributed by atoms with van der Waals surface area (Å²) in [4.78, 5) is 13.0. The molecule has 0 fully saturated rings. The molecule has 0 aromatic heterocycles. The number of halogens is 3. The van der Waals surface area contributed by atoms with Crippen LogP contribution in [0.5, 0.6) is 0 Å². The summed E-state index contributed by atoms with van der Waals surface area (Å²) in [5, 5.41) is 2.80. The molecule has 1 amide bonds. The minimum absolute atomic E-state index is 0.0345. The predicted octanol–water partition coefficient (Wildman–Crippen LogP) is 2.43. The van der Waals surface area contributed by atoms with Gasteiger partial charge in [0.15, 0.2) is 0 Å². The lowest BCUT2D eigenvalue weighted by molar-refractivity contribution is -0.164. The fraction of sp³-hybridized carbons (Fsp3) is 0.500. The van der Waals surface area contributed by atoms with Crippen LogP contribution in [0.1, 0.15) is 12.5 Å². The molecule has 1 atom stereocenters. The number of benzene rings is 1. The summed E-state index contributed by atoms with van der Waals surface area (Å²) in [6.45, 7) is 0.706. The van der Waals surface area contributed by atoms with Gasteiger partial charge in [-0.1, -0.05) is 37.3 Å². The molecule has 20 heavy (non-hydrogen) atoms. The van der Waals surface area contributed by atoms with Gasteiger partial charge in [0.05, 0.1) is 0 Å². The Balaban J connectivity index is 2.82. The lowest BCUT2D eigenvalue weighted by Crippen LogP contribution is -2.43. The van der Waals surface area contributed by atoms with Gasteiger partial charge in [-0.05, 0) is 12.6 Å². The third kappa shape index (κ3) is 5.61. The predicted molar refractivity (Wildman–Crippen MR) is 71.0 cm³/mol. The second-order valence-electron chi connectivity index (χ2n) is 4.75. The molecule has 6 heteroatoms. The minimum Gasteiger partial charge on any atom is -0.329 e. The number of hydrogen-bond donors (Lipinski definition) is 1. The van der Waals surface area contributed by atoms with Gasteiger partial charge in [0.25, 0.3) is 0 Å². The standard InChI is InChI=1S/C14H19F3N2O/c1-11(8-18-2)13(20)19(10-14(15,16)17)9-12-6-4-3-5-7-12/h3-7,11,18H,8-10H2,1-2H3. The maximum absolute atomic E-state index is 12.6. The lowest BCUT2D eigenvalue weighted by atomic mass is 10.1. The van der Waals surface area contributed by atoms with Crippen molar-refractivity contribution in [2.45, 2.75) is 19.6 Å². The molecule has 1 aromatic carbocycles. The molecule has 112 valence electrons. The van der Waals surface area contributed by atoms with E-state index in [1.807, 2.05) is 0 Å². The molecule has 0 aliphatic heterocycles. The zero-order chi connectivity index (χ0) is 15.2. The highest BCUT2D eigenvalue weighted by molar-refractivity contribution is 5.78. The molecule has 0 heterocycles. The van der Waals surface area contributed by atoms with Gasteiger partial charge in [-0.25, -0.2) is 0 Å². The van der Waals surface area contributed by atoms with Crippen LogP contribution < -0.4 is 5.32 Å². The quantitative estimate of drug-likeness (QED) is 0.872. The van der Waals surface area contributed by atoms with Gasteiger partial charge >= 0.3 is 6.18 Å². The topological polar surface area (TPSA) is 32.3 Å². The van der Waals surface area contributed by atoms with Crippen LogP contribution in [0.25, 0.3) is 0 Å². The molecule has 0 radical (unpaired) electrons. The van der Waals surface area contributed by atoms with Crippen LogP contribution in [0, 0.1) is 5.92 Å². The van der Waals surface area contributed by atoms with E-state index in [4.69, 9.17) is 0 Å². The van der Waals surface area contributed by atoms with E-state index in [-0.39, 0.29) is 6.54 Å². The molecule has 0 saturated heterocycles. The zero-order valence-electron chi connectivity index (χ0n) is 11.6. The van der Waals surface area contributed by atoms with Gasteiger partial charge in [-0.3, -0.25) is 4.79 Å². The van der Waals surface area contributed by atoms with Crippen molar-refractivity contribution in [3.63, 3.8) is 0 Å². The highest BCUT2D eigenvalue weighted by atomic mass is 19.4. The Kier molecular flexibility index (Phi) is 6.01. The first-order valence-corrected chi connectivity index (χ1v) is 6.37. The van der Waals surface area contributed by atoms with Crippen molar-refractivity contribution in [2.75, 3.05) is 20.1 Å². The van der Waals surface area contributed by atoms with Crippen molar-refractivity contribution in [1.82, 2.24) is 10.2 Å². The number of rotatable bonds is 6.